The molecular weight excluding hydrogens is 378 g/mol. The highest BCUT2D eigenvalue weighted by Gasteiger charge is 2.29. The molecule has 1 amide bonds. The Bertz CT molecular complexity index is 707. The summed E-state index contributed by atoms with van der Waals surface area (Å²) >= 11 is 0. The molecule has 2 rings (SSSR count). The van der Waals surface area contributed by atoms with Crippen LogP contribution in [0.5, 0.6) is 0 Å². The molecular formula is C23H39N5O2. The fraction of sp³-hybridized carbons (Fsp3) is 0.652. The Morgan fingerprint density at radius 2 is 1.77 bits per heavy atom. The van der Waals surface area contributed by atoms with Crippen molar-refractivity contribution in [3.63, 3.8) is 0 Å². The van der Waals surface area contributed by atoms with Gasteiger partial charge in [-0.25, -0.2) is 4.79 Å². The Kier molecular flexibility index (Phi) is 8.53. The predicted molar refractivity (Wildman–Crippen MR) is 123 cm³/mol. The Labute approximate surface area is 181 Å². The van der Waals surface area contributed by atoms with Crippen LogP contribution in [0, 0.1) is 0 Å². The van der Waals surface area contributed by atoms with E-state index in [4.69, 9.17) is 4.74 Å². The molecule has 7 nitrogen and oxygen atoms in total. The summed E-state index contributed by atoms with van der Waals surface area (Å²) in [7, 11) is 5.74. The minimum absolute atomic E-state index is 0.315. The smallest absolute Gasteiger partial charge is 0.410 e. The standard InChI is InChI=1S/C23H39N5O2/c1-17(28(7)20-12-13-20)14-25-21(24-5)26-15-18-8-10-19(11-9-18)16-27(6)22(29)30-23(2,3)4/h8-11,17,20H,12-16H2,1-7H3,(H2,24,25,26). The lowest BCUT2D eigenvalue weighted by Crippen LogP contribution is -2.45. The van der Waals surface area contributed by atoms with Gasteiger partial charge in [-0.15, -0.1) is 0 Å². The molecule has 0 heterocycles. The zero-order valence-electron chi connectivity index (χ0n) is 19.7. The van der Waals surface area contributed by atoms with Crippen LogP contribution in [0.15, 0.2) is 29.3 Å². The van der Waals surface area contributed by atoms with E-state index in [0.717, 1.165) is 29.7 Å². The molecule has 1 aliphatic carbocycles. The Morgan fingerprint density at radius 1 is 1.17 bits per heavy atom. The van der Waals surface area contributed by atoms with Gasteiger partial charge in [0.2, 0.25) is 0 Å². The van der Waals surface area contributed by atoms with Gasteiger partial charge in [-0.05, 0) is 58.7 Å². The summed E-state index contributed by atoms with van der Waals surface area (Å²) in [6.45, 7) is 9.92. The number of guanidine groups is 1. The summed E-state index contributed by atoms with van der Waals surface area (Å²) in [6, 6.07) is 9.45. The highest BCUT2D eigenvalue weighted by Crippen LogP contribution is 2.26. The molecule has 168 valence electrons. The first-order valence-electron chi connectivity index (χ1n) is 10.8. The number of carbonyl (C=O) groups excluding carboxylic acids is 1. The van der Waals surface area contributed by atoms with Crippen molar-refractivity contribution in [3.8, 4) is 0 Å². The maximum atomic E-state index is 12.1. The highest BCUT2D eigenvalue weighted by atomic mass is 16.6. The summed E-state index contributed by atoms with van der Waals surface area (Å²) in [5.41, 5.74) is 1.73. The second kappa shape index (κ2) is 10.7. The van der Waals surface area contributed by atoms with E-state index in [1.807, 2.05) is 32.9 Å². The van der Waals surface area contributed by atoms with Crippen molar-refractivity contribution < 1.29 is 9.53 Å². The second-order valence-corrected chi connectivity index (χ2v) is 9.21. The molecule has 1 aliphatic rings. The molecule has 7 heteroatoms. The van der Waals surface area contributed by atoms with E-state index in [2.05, 4.69) is 46.6 Å². The van der Waals surface area contributed by atoms with Gasteiger partial charge in [0.15, 0.2) is 5.96 Å². The number of hydrogen-bond acceptors (Lipinski definition) is 4. The van der Waals surface area contributed by atoms with Crippen LogP contribution in [0.2, 0.25) is 0 Å². The summed E-state index contributed by atoms with van der Waals surface area (Å²) in [5.74, 6) is 0.805. The average Bonchev–Trinajstić information content (AvgIpc) is 3.52. The molecule has 1 atom stereocenters. The third kappa shape index (κ3) is 8.22. The fourth-order valence-electron chi connectivity index (χ4n) is 3.08. The van der Waals surface area contributed by atoms with Crippen LogP contribution in [-0.2, 0) is 17.8 Å². The number of hydrogen-bond donors (Lipinski definition) is 2. The van der Waals surface area contributed by atoms with Gasteiger partial charge < -0.3 is 20.3 Å². The molecule has 0 aliphatic heterocycles. The van der Waals surface area contributed by atoms with Crippen molar-refractivity contribution in [3.05, 3.63) is 35.4 Å². The number of nitrogens with zero attached hydrogens (tertiary/aromatic N) is 3. The van der Waals surface area contributed by atoms with Crippen LogP contribution >= 0.6 is 0 Å². The number of amides is 1. The van der Waals surface area contributed by atoms with E-state index >= 15 is 0 Å². The number of rotatable bonds is 8. The van der Waals surface area contributed by atoms with Gasteiger partial charge in [-0.2, -0.15) is 0 Å². The van der Waals surface area contributed by atoms with E-state index < -0.39 is 5.60 Å². The SMILES string of the molecule is CN=C(NCc1ccc(CN(C)C(=O)OC(C)(C)C)cc1)NCC(C)N(C)C1CC1. The zero-order chi connectivity index (χ0) is 22.3. The third-order valence-electron chi connectivity index (χ3n) is 5.21. The Balaban J connectivity index is 1.76. The van der Waals surface area contributed by atoms with Gasteiger partial charge in [0, 0.05) is 45.8 Å². The minimum Gasteiger partial charge on any atom is -0.444 e. The van der Waals surface area contributed by atoms with Crippen molar-refractivity contribution >= 4 is 12.1 Å². The van der Waals surface area contributed by atoms with Crippen molar-refractivity contribution in [2.75, 3.05) is 27.7 Å². The molecule has 30 heavy (non-hydrogen) atoms. The van der Waals surface area contributed by atoms with Crippen LogP contribution in [0.1, 0.15) is 51.7 Å². The molecule has 0 saturated heterocycles. The number of benzene rings is 1. The predicted octanol–water partition coefficient (Wildman–Crippen LogP) is 3.20. The number of carbonyl (C=O) groups is 1. The van der Waals surface area contributed by atoms with Crippen LogP contribution in [0.4, 0.5) is 4.79 Å². The molecule has 0 bridgehead atoms. The first-order chi connectivity index (χ1) is 14.1. The van der Waals surface area contributed by atoms with E-state index in [9.17, 15) is 4.79 Å². The monoisotopic (exact) mass is 417 g/mol. The zero-order valence-corrected chi connectivity index (χ0v) is 19.7. The van der Waals surface area contributed by atoms with E-state index in [0.29, 0.717) is 19.1 Å². The fourth-order valence-corrected chi connectivity index (χ4v) is 3.08. The number of nitrogens with one attached hydrogen (secondary N) is 2. The normalized spacial score (nSPS) is 15.7. The van der Waals surface area contributed by atoms with Gasteiger partial charge in [0.05, 0.1) is 0 Å². The maximum Gasteiger partial charge on any atom is 0.410 e. The molecule has 1 aromatic carbocycles. The third-order valence-corrected chi connectivity index (χ3v) is 5.21. The van der Waals surface area contributed by atoms with Crippen LogP contribution in [0.25, 0.3) is 0 Å². The second-order valence-electron chi connectivity index (χ2n) is 9.21. The molecule has 1 aromatic rings. The first kappa shape index (κ1) is 24.0. The number of ether oxygens (including phenoxy) is 1. The van der Waals surface area contributed by atoms with Crippen molar-refractivity contribution in [1.82, 2.24) is 20.4 Å². The summed E-state index contributed by atoms with van der Waals surface area (Å²) < 4.78 is 5.40. The van der Waals surface area contributed by atoms with Crippen molar-refractivity contribution in [2.24, 2.45) is 4.99 Å². The molecule has 1 unspecified atom stereocenters. The molecule has 0 spiro atoms. The van der Waals surface area contributed by atoms with Crippen molar-refractivity contribution in [2.45, 2.75) is 71.3 Å². The summed E-state index contributed by atoms with van der Waals surface area (Å²) in [4.78, 5) is 20.4. The number of aliphatic imine (C=N–C) groups is 1. The minimum atomic E-state index is -0.488. The van der Waals surface area contributed by atoms with Gasteiger partial charge >= 0.3 is 6.09 Å². The van der Waals surface area contributed by atoms with E-state index in [1.54, 1.807) is 19.0 Å². The van der Waals surface area contributed by atoms with Gasteiger partial charge in [0.1, 0.15) is 5.60 Å². The van der Waals surface area contributed by atoms with Crippen LogP contribution in [-0.4, -0.2) is 67.2 Å². The number of likely N-dealkylation sites (N-methyl/N-ethyl adjacent to an activating group) is 1. The highest BCUT2D eigenvalue weighted by molar-refractivity contribution is 5.79. The van der Waals surface area contributed by atoms with Crippen LogP contribution in [0.3, 0.4) is 0 Å². The Hall–Kier alpha value is -2.28. The average molecular weight is 418 g/mol. The van der Waals surface area contributed by atoms with E-state index in [1.165, 1.54) is 12.8 Å². The first-order valence-corrected chi connectivity index (χ1v) is 10.8. The van der Waals surface area contributed by atoms with Crippen molar-refractivity contribution in [1.29, 1.82) is 0 Å². The maximum absolute atomic E-state index is 12.1. The van der Waals surface area contributed by atoms with Gasteiger partial charge in [0.25, 0.3) is 0 Å². The van der Waals surface area contributed by atoms with Gasteiger partial charge in [-0.3, -0.25) is 9.89 Å². The lowest BCUT2D eigenvalue weighted by Gasteiger charge is -2.25. The topological polar surface area (TPSA) is 69.2 Å². The molecule has 1 saturated carbocycles. The van der Waals surface area contributed by atoms with E-state index in [-0.39, 0.29) is 6.09 Å². The quantitative estimate of drug-likeness (QED) is 0.502. The molecule has 0 radical (unpaired) electrons. The summed E-state index contributed by atoms with van der Waals surface area (Å²) in [6.07, 6.45) is 2.32. The lowest BCUT2D eigenvalue weighted by molar-refractivity contribution is 0.0285. The molecule has 2 N–H and O–H groups in total. The largest absolute Gasteiger partial charge is 0.444 e. The van der Waals surface area contributed by atoms with Crippen LogP contribution < -0.4 is 10.6 Å². The lowest BCUT2D eigenvalue weighted by atomic mass is 10.1. The summed E-state index contributed by atoms with van der Waals surface area (Å²) in [5, 5.41) is 6.78. The van der Waals surface area contributed by atoms with Gasteiger partial charge in [-0.1, -0.05) is 24.3 Å². The Morgan fingerprint density at radius 3 is 2.30 bits per heavy atom. The molecule has 0 aromatic heterocycles. The molecule has 1 fully saturated rings.